The number of nitrogens with zero attached hydrogens (tertiary/aromatic N) is 3. The van der Waals surface area contributed by atoms with E-state index < -0.39 is 10.0 Å². The largest absolute Gasteiger partial charge is 0.489 e. The molecule has 0 spiro atoms. The number of likely N-dealkylation sites (N-methyl/N-ethyl adjacent to an activating group) is 1. The number of anilines is 3. The first-order valence-corrected chi connectivity index (χ1v) is 11.9. The second-order valence-electron chi connectivity index (χ2n) is 7.08. The van der Waals surface area contributed by atoms with Crippen molar-refractivity contribution >= 4 is 38.0 Å². The van der Waals surface area contributed by atoms with Crippen LogP contribution >= 0.6 is 11.3 Å². The van der Waals surface area contributed by atoms with Crippen molar-refractivity contribution in [3.63, 3.8) is 0 Å². The topological polar surface area (TPSA) is 131 Å². The molecule has 11 heteroatoms. The third-order valence-corrected chi connectivity index (χ3v) is 5.93. The van der Waals surface area contributed by atoms with Gasteiger partial charge in [0.1, 0.15) is 11.6 Å². The molecule has 0 saturated heterocycles. The van der Waals surface area contributed by atoms with E-state index in [2.05, 4.69) is 15.3 Å². The van der Waals surface area contributed by atoms with Crippen molar-refractivity contribution in [2.24, 2.45) is 5.14 Å². The van der Waals surface area contributed by atoms with Crippen LogP contribution in [0.4, 0.5) is 16.6 Å². The lowest BCUT2D eigenvalue weighted by Crippen LogP contribution is -2.21. The van der Waals surface area contributed by atoms with Crippen molar-refractivity contribution in [3.8, 4) is 17.0 Å². The van der Waals surface area contributed by atoms with Crippen molar-refractivity contribution in [2.75, 3.05) is 30.4 Å². The normalized spacial score (nSPS) is 11.5. The van der Waals surface area contributed by atoms with Gasteiger partial charge in [0.2, 0.25) is 10.0 Å². The number of ether oxygens (including phenoxy) is 1. The van der Waals surface area contributed by atoms with Gasteiger partial charge in [0.05, 0.1) is 29.0 Å². The summed E-state index contributed by atoms with van der Waals surface area (Å²) < 4.78 is 29.3. The zero-order valence-corrected chi connectivity index (χ0v) is 19.1. The average Bonchev–Trinajstić information content (AvgIpc) is 3.17. The van der Waals surface area contributed by atoms with E-state index in [0.717, 1.165) is 17.1 Å². The Morgan fingerprint density at radius 1 is 1.29 bits per heavy atom. The molecule has 4 N–H and O–H groups in total. The predicted octanol–water partition coefficient (Wildman–Crippen LogP) is 2.81. The van der Waals surface area contributed by atoms with Gasteiger partial charge >= 0.3 is 0 Å². The summed E-state index contributed by atoms with van der Waals surface area (Å²) in [7, 11) is -2.00. The van der Waals surface area contributed by atoms with Gasteiger partial charge in [0.25, 0.3) is 0 Å². The number of sulfonamides is 1. The summed E-state index contributed by atoms with van der Waals surface area (Å²) in [5.74, 6) is 1.25. The van der Waals surface area contributed by atoms with Gasteiger partial charge in [-0.05, 0) is 44.2 Å². The van der Waals surface area contributed by atoms with Gasteiger partial charge in [-0.15, -0.1) is 11.3 Å². The van der Waals surface area contributed by atoms with Crippen LogP contribution in [-0.2, 0) is 10.0 Å². The third kappa shape index (κ3) is 5.91. The molecule has 0 aliphatic heterocycles. The summed E-state index contributed by atoms with van der Waals surface area (Å²) >= 11 is 1.37. The Hall–Kier alpha value is -2.73. The first-order valence-electron chi connectivity index (χ1n) is 9.52. The monoisotopic (exact) mass is 463 g/mol. The van der Waals surface area contributed by atoms with E-state index in [1.807, 2.05) is 43.3 Å². The molecular weight excluding hydrogens is 438 g/mol. The fourth-order valence-electron chi connectivity index (χ4n) is 2.75. The van der Waals surface area contributed by atoms with E-state index in [-0.39, 0.29) is 17.6 Å². The number of aliphatic hydroxyl groups excluding tert-OH is 1. The predicted molar refractivity (Wildman–Crippen MR) is 123 cm³/mol. The van der Waals surface area contributed by atoms with Crippen molar-refractivity contribution in [3.05, 3.63) is 41.9 Å². The number of primary sulfonamides is 1. The van der Waals surface area contributed by atoms with Crippen LogP contribution in [0.15, 0.2) is 46.8 Å². The Labute approximate surface area is 185 Å². The van der Waals surface area contributed by atoms with Gasteiger partial charge in [-0.2, -0.15) is 0 Å². The zero-order valence-electron chi connectivity index (χ0n) is 17.4. The number of aromatic nitrogens is 2. The first-order chi connectivity index (χ1) is 14.7. The minimum absolute atomic E-state index is 0.0188. The number of hydrogen-bond acceptors (Lipinski definition) is 9. The molecule has 31 heavy (non-hydrogen) atoms. The van der Waals surface area contributed by atoms with Crippen LogP contribution in [-0.4, -0.2) is 49.8 Å². The highest BCUT2D eigenvalue weighted by Crippen LogP contribution is 2.33. The van der Waals surface area contributed by atoms with Crippen LogP contribution in [0.25, 0.3) is 11.3 Å². The fraction of sp³-hybridized carbons (Fsp3) is 0.300. The number of pyridine rings is 1. The number of rotatable bonds is 9. The van der Waals surface area contributed by atoms with Crippen molar-refractivity contribution in [2.45, 2.75) is 24.8 Å². The second kappa shape index (κ2) is 9.60. The smallest absolute Gasteiger partial charge is 0.238 e. The minimum Gasteiger partial charge on any atom is -0.489 e. The Bertz CT molecular complexity index is 1130. The third-order valence-electron chi connectivity index (χ3n) is 4.26. The number of nitrogens with two attached hydrogens (primary N) is 1. The SMILES string of the molecule is CC(C)Oc1ccc(S(N)(=O)=O)cc1Nc1nc(-c2ccc(N(C)CCO)nc2)cs1. The average molecular weight is 464 g/mol. The maximum Gasteiger partial charge on any atom is 0.238 e. The Balaban J connectivity index is 1.85. The van der Waals surface area contributed by atoms with Gasteiger partial charge in [-0.25, -0.2) is 23.5 Å². The Morgan fingerprint density at radius 2 is 2.06 bits per heavy atom. The Morgan fingerprint density at radius 3 is 2.68 bits per heavy atom. The standard InChI is InChI=1S/C20H25N5O4S2/c1-13(2)29-18-6-5-15(31(21,27)28)10-16(18)23-20-24-17(12-30-20)14-4-7-19(22-11-14)25(3)8-9-26/h4-7,10-13,26H,8-9H2,1-3H3,(H,23,24)(H2,21,27,28). The number of thiazole rings is 1. The van der Waals surface area contributed by atoms with E-state index in [9.17, 15) is 8.42 Å². The van der Waals surface area contributed by atoms with Crippen LogP contribution < -0.4 is 20.1 Å². The van der Waals surface area contributed by atoms with Crippen LogP contribution in [0.5, 0.6) is 5.75 Å². The van der Waals surface area contributed by atoms with Crippen molar-refractivity contribution in [1.82, 2.24) is 9.97 Å². The lowest BCUT2D eigenvalue weighted by molar-refractivity contribution is 0.243. The molecule has 0 aliphatic rings. The quantitative estimate of drug-likeness (QED) is 0.442. The first kappa shape index (κ1) is 22.9. The molecule has 0 radical (unpaired) electrons. The minimum atomic E-state index is -3.86. The lowest BCUT2D eigenvalue weighted by Gasteiger charge is -2.16. The van der Waals surface area contributed by atoms with Crippen LogP contribution in [0.1, 0.15) is 13.8 Å². The van der Waals surface area contributed by atoms with Gasteiger partial charge in [0.15, 0.2) is 5.13 Å². The molecular formula is C20H25N5O4S2. The van der Waals surface area contributed by atoms with Gasteiger partial charge < -0.3 is 20.1 Å². The molecule has 0 atom stereocenters. The zero-order chi connectivity index (χ0) is 22.6. The van der Waals surface area contributed by atoms with Crippen LogP contribution in [0.3, 0.4) is 0 Å². The molecule has 2 aromatic heterocycles. The highest BCUT2D eigenvalue weighted by molar-refractivity contribution is 7.89. The molecule has 166 valence electrons. The molecule has 0 unspecified atom stereocenters. The highest BCUT2D eigenvalue weighted by atomic mass is 32.2. The summed E-state index contributed by atoms with van der Waals surface area (Å²) in [6.07, 6.45) is 1.62. The second-order valence-corrected chi connectivity index (χ2v) is 9.50. The fourth-order valence-corrected chi connectivity index (χ4v) is 4.02. The van der Waals surface area contributed by atoms with E-state index in [1.165, 1.54) is 23.5 Å². The molecule has 0 amide bonds. The van der Waals surface area contributed by atoms with Crippen LogP contribution in [0, 0.1) is 0 Å². The van der Waals surface area contributed by atoms with Crippen molar-refractivity contribution < 1.29 is 18.3 Å². The molecule has 1 aromatic carbocycles. The van der Waals surface area contributed by atoms with E-state index in [4.69, 9.17) is 15.0 Å². The van der Waals surface area contributed by atoms with Crippen molar-refractivity contribution in [1.29, 1.82) is 0 Å². The highest BCUT2D eigenvalue weighted by Gasteiger charge is 2.15. The molecule has 0 saturated carbocycles. The molecule has 0 aliphatic carbocycles. The summed E-state index contributed by atoms with van der Waals surface area (Å²) in [6.45, 7) is 4.31. The van der Waals surface area contributed by atoms with Crippen LogP contribution in [0.2, 0.25) is 0 Å². The molecule has 0 bridgehead atoms. The summed E-state index contributed by atoms with van der Waals surface area (Å²) in [5, 5.41) is 19.9. The maximum atomic E-state index is 11.7. The molecule has 2 heterocycles. The molecule has 3 aromatic rings. The number of aliphatic hydroxyl groups is 1. The maximum absolute atomic E-state index is 11.7. The van der Waals surface area contributed by atoms with Gasteiger partial charge in [-0.3, -0.25) is 0 Å². The Kier molecular flexibility index (Phi) is 7.11. The lowest BCUT2D eigenvalue weighted by atomic mass is 10.2. The van der Waals surface area contributed by atoms with Gasteiger partial charge in [0, 0.05) is 30.7 Å². The number of hydrogen-bond donors (Lipinski definition) is 3. The molecule has 3 rings (SSSR count). The number of nitrogens with one attached hydrogen (secondary N) is 1. The summed E-state index contributed by atoms with van der Waals surface area (Å²) in [6, 6.07) is 8.18. The summed E-state index contributed by atoms with van der Waals surface area (Å²) in [4.78, 5) is 10.8. The summed E-state index contributed by atoms with van der Waals surface area (Å²) in [5.41, 5.74) is 2.02. The van der Waals surface area contributed by atoms with Gasteiger partial charge in [-0.1, -0.05) is 0 Å². The number of benzene rings is 1. The molecule has 9 nitrogen and oxygen atoms in total. The molecule has 0 fully saturated rings. The van der Waals surface area contributed by atoms with E-state index in [1.54, 1.807) is 12.3 Å². The van der Waals surface area contributed by atoms with E-state index >= 15 is 0 Å². The van der Waals surface area contributed by atoms with E-state index in [0.29, 0.717) is 23.1 Å².